The third kappa shape index (κ3) is 1.50. The van der Waals surface area contributed by atoms with Crippen LogP contribution in [0.25, 0.3) is 0 Å². The Morgan fingerprint density at radius 1 is 1.43 bits per heavy atom. The topological polar surface area (TPSA) is 32.3 Å². The van der Waals surface area contributed by atoms with E-state index in [1.807, 2.05) is 6.07 Å². The van der Waals surface area contributed by atoms with E-state index in [1.165, 1.54) is 5.56 Å². The van der Waals surface area contributed by atoms with Crippen LogP contribution in [0, 0.1) is 5.92 Å². The minimum Gasteiger partial charge on any atom is -0.508 e. The van der Waals surface area contributed by atoms with Gasteiger partial charge in [-0.3, -0.25) is 0 Å². The van der Waals surface area contributed by atoms with E-state index in [4.69, 9.17) is 0 Å². The summed E-state index contributed by atoms with van der Waals surface area (Å²) in [5.41, 5.74) is 2.40. The monoisotopic (exact) mass is 191 g/mol. The van der Waals surface area contributed by atoms with Crippen molar-refractivity contribution in [1.82, 2.24) is 5.32 Å². The van der Waals surface area contributed by atoms with Gasteiger partial charge in [0.1, 0.15) is 5.75 Å². The zero-order chi connectivity index (χ0) is 10.1. The van der Waals surface area contributed by atoms with Gasteiger partial charge in [0, 0.05) is 18.7 Å². The first-order chi connectivity index (χ1) is 6.70. The van der Waals surface area contributed by atoms with Gasteiger partial charge < -0.3 is 10.4 Å². The van der Waals surface area contributed by atoms with Gasteiger partial charge in [-0.25, -0.2) is 0 Å². The number of hydrogen-bond donors (Lipinski definition) is 2. The molecule has 0 aromatic heterocycles. The van der Waals surface area contributed by atoms with E-state index in [1.54, 1.807) is 6.07 Å². The van der Waals surface area contributed by atoms with Crippen molar-refractivity contribution < 1.29 is 5.11 Å². The van der Waals surface area contributed by atoms with E-state index in [0.29, 0.717) is 17.6 Å². The van der Waals surface area contributed by atoms with Gasteiger partial charge in [0.2, 0.25) is 0 Å². The second-order valence-corrected chi connectivity index (χ2v) is 4.33. The lowest BCUT2D eigenvalue weighted by Gasteiger charge is -2.29. The summed E-state index contributed by atoms with van der Waals surface area (Å²) in [4.78, 5) is 0. The summed E-state index contributed by atoms with van der Waals surface area (Å²) < 4.78 is 0. The summed E-state index contributed by atoms with van der Waals surface area (Å²) >= 11 is 0. The van der Waals surface area contributed by atoms with Gasteiger partial charge in [-0.2, -0.15) is 0 Å². The third-order valence-corrected chi connectivity index (χ3v) is 3.06. The number of hydrogen-bond acceptors (Lipinski definition) is 2. The van der Waals surface area contributed by atoms with Gasteiger partial charge in [-0.15, -0.1) is 0 Å². The van der Waals surface area contributed by atoms with Crippen molar-refractivity contribution in [2.75, 3.05) is 6.54 Å². The molecule has 1 aromatic carbocycles. The summed E-state index contributed by atoms with van der Waals surface area (Å²) in [6.07, 6.45) is 0. The number of aromatic hydroxyl groups is 1. The Morgan fingerprint density at radius 2 is 2.21 bits per heavy atom. The van der Waals surface area contributed by atoms with Gasteiger partial charge in [0.15, 0.2) is 0 Å². The Labute approximate surface area is 85.0 Å². The molecule has 1 atom stereocenters. The lowest BCUT2D eigenvalue weighted by Crippen LogP contribution is -2.30. The second-order valence-electron chi connectivity index (χ2n) is 4.33. The van der Waals surface area contributed by atoms with Crippen LogP contribution in [0.4, 0.5) is 0 Å². The van der Waals surface area contributed by atoms with Gasteiger partial charge in [-0.05, 0) is 23.5 Å². The standard InChI is InChI=1S/C12H17NO/c1-8(2)10-6-13-7-11-9(10)4-3-5-12(11)14/h3-5,8,10,13-14H,6-7H2,1-2H3. The maximum absolute atomic E-state index is 9.72. The van der Waals surface area contributed by atoms with Gasteiger partial charge in [-0.1, -0.05) is 26.0 Å². The van der Waals surface area contributed by atoms with E-state index < -0.39 is 0 Å². The zero-order valence-electron chi connectivity index (χ0n) is 8.75. The molecule has 0 saturated carbocycles. The SMILES string of the molecule is CC(C)C1CNCc2c(O)cccc21. The predicted molar refractivity (Wildman–Crippen MR) is 57.4 cm³/mol. The van der Waals surface area contributed by atoms with E-state index in [9.17, 15) is 5.11 Å². The van der Waals surface area contributed by atoms with Crippen molar-refractivity contribution >= 4 is 0 Å². The largest absolute Gasteiger partial charge is 0.508 e. The summed E-state index contributed by atoms with van der Waals surface area (Å²) in [5.74, 6) is 1.58. The smallest absolute Gasteiger partial charge is 0.120 e. The molecule has 1 aromatic rings. The molecule has 0 bridgehead atoms. The molecule has 2 N–H and O–H groups in total. The number of phenols is 1. The molecule has 2 heteroatoms. The first-order valence-electron chi connectivity index (χ1n) is 5.21. The second kappa shape index (κ2) is 3.62. The molecule has 0 radical (unpaired) electrons. The molecule has 1 aliphatic heterocycles. The van der Waals surface area contributed by atoms with Crippen LogP contribution in [0.15, 0.2) is 18.2 Å². The van der Waals surface area contributed by atoms with Crippen molar-refractivity contribution in [2.45, 2.75) is 26.3 Å². The van der Waals surface area contributed by atoms with Crippen molar-refractivity contribution in [3.8, 4) is 5.75 Å². The molecule has 76 valence electrons. The Morgan fingerprint density at radius 3 is 2.93 bits per heavy atom. The highest BCUT2D eigenvalue weighted by Crippen LogP contribution is 2.33. The summed E-state index contributed by atoms with van der Waals surface area (Å²) in [6, 6.07) is 5.85. The van der Waals surface area contributed by atoms with E-state index >= 15 is 0 Å². The molecule has 1 unspecified atom stereocenters. The fourth-order valence-corrected chi connectivity index (χ4v) is 2.19. The predicted octanol–water partition coefficient (Wildman–Crippen LogP) is 2.24. The first kappa shape index (κ1) is 9.53. The zero-order valence-corrected chi connectivity index (χ0v) is 8.75. The maximum Gasteiger partial charge on any atom is 0.120 e. The van der Waals surface area contributed by atoms with Crippen LogP contribution in [0.3, 0.4) is 0 Å². The van der Waals surface area contributed by atoms with Crippen molar-refractivity contribution in [1.29, 1.82) is 0 Å². The Bertz CT molecular complexity index is 333. The number of phenolic OH excluding ortho intramolecular Hbond substituents is 1. The minimum atomic E-state index is 0.431. The lowest BCUT2D eigenvalue weighted by atomic mass is 9.83. The number of fused-ring (bicyclic) bond motifs is 1. The van der Waals surface area contributed by atoms with E-state index in [-0.39, 0.29) is 0 Å². The fourth-order valence-electron chi connectivity index (χ4n) is 2.19. The highest BCUT2D eigenvalue weighted by molar-refractivity contribution is 5.42. The quantitative estimate of drug-likeness (QED) is 0.713. The minimum absolute atomic E-state index is 0.431. The summed E-state index contributed by atoms with van der Waals surface area (Å²) in [7, 11) is 0. The normalized spacial score (nSPS) is 20.9. The Kier molecular flexibility index (Phi) is 2.46. The maximum atomic E-state index is 9.72. The number of nitrogens with one attached hydrogen (secondary N) is 1. The van der Waals surface area contributed by atoms with E-state index in [0.717, 1.165) is 18.7 Å². The Balaban J connectivity index is 2.44. The van der Waals surface area contributed by atoms with Crippen LogP contribution in [0.5, 0.6) is 5.75 Å². The average Bonchev–Trinajstić information content (AvgIpc) is 2.17. The molecular weight excluding hydrogens is 174 g/mol. The fraction of sp³-hybridized carbons (Fsp3) is 0.500. The molecule has 0 amide bonds. The van der Waals surface area contributed by atoms with Crippen LogP contribution in [-0.4, -0.2) is 11.7 Å². The van der Waals surface area contributed by atoms with Crippen LogP contribution in [0.2, 0.25) is 0 Å². The van der Waals surface area contributed by atoms with Crippen LogP contribution >= 0.6 is 0 Å². The van der Waals surface area contributed by atoms with E-state index in [2.05, 4.69) is 25.2 Å². The summed E-state index contributed by atoms with van der Waals surface area (Å²) in [5, 5.41) is 13.1. The van der Waals surface area contributed by atoms with Gasteiger partial charge >= 0.3 is 0 Å². The molecule has 14 heavy (non-hydrogen) atoms. The summed E-state index contributed by atoms with van der Waals surface area (Å²) in [6.45, 7) is 6.27. The molecule has 0 saturated heterocycles. The Hall–Kier alpha value is -1.02. The van der Waals surface area contributed by atoms with Crippen molar-refractivity contribution in [3.05, 3.63) is 29.3 Å². The molecule has 0 fully saturated rings. The highest BCUT2D eigenvalue weighted by atomic mass is 16.3. The van der Waals surface area contributed by atoms with Crippen molar-refractivity contribution in [2.24, 2.45) is 5.92 Å². The molecule has 1 heterocycles. The average molecular weight is 191 g/mol. The molecular formula is C12H17NO. The number of rotatable bonds is 1. The van der Waals surface area contributed by atoms with Crippen LogP contribution in [0.1, 0.15) is 30.9 Å². The van der Waals surface area contributed by atoms with Gasteiger partial charge in [0.25, 0.3) is 0 Å². The molecule has 2 rings (SSSR count). The molecule has 0 aliphatic carbocycles. The molecule has 0 spiro atoms. The first-order valence-corrected chi connectivity index (χ1v) is 5.21. The molecule has 2 nitrogen and oxygen atoms in total. The van der Waals surface area contributed by atoms with Crippen LogP contribution in [-0.2, 0) is 6.54 Å². The lowest BCUT2D eigenvalue weighted by molar-refractivity contribution is 0.414. The molecule has 1 aliphatic rings. The van der Waals surface area contributed by atoms with Crippen molar-refractivity contribution in [3.63, 3.8) is 0 Å². The highest BCUT2D eigenvalue weighted by Gasteiger charge is 2.23. The number of benzene rings is 1. The van der Waals surface area contributed by atoms with Crippen LogP contribution < -0.4 is 5.32 Å². The third-order valence-electron chi connectivity index (χ3n) is 3.06. The van der Waals surface area contributed by atoms with Gasteiger partial charge in [0.05, 0.1) is 0 Å².